The van der Waals surface area contributed by atoms with Gasteiger partial charge in [0.15, 0.2) is 8.32 Å². The molecule has 0 bridgehead atoms. The molecule has 0 aromatic carbocycles. The molecule has 0 aromatic heterocycles. The molecule has 1 aliphatic carbocycles. The van der Waals surface area contributed by atoms with Crippen molar-refractivity contribution in [1.82, 2.24) is 5.32 Å². The average Bonchev–Trinajstić information content (AvgIpc) is 2.50. The summed E-state index contributed by atoms with van der Waals surface area (Å²) >= 11 is 0. The highest BCUT2D eigenvalue weighted by atomic mass is 32.2. The van der Waals surface area contributed by atoms with Gasteiger partial charge in [-0.25, -0.2) is 4.79 Å². The van der Waals surface area contributed by atoms with Crippen LogP contribution in [0.3, 0.4) is 0 Å². The van der Waals surface area contributed by atoms with E-state index in [0.717, 1.165) is 25.7 Å². The zero-order valence-corrected chi connectivity index (χ0v) is 21.9. The minimum absolute atomic E-state index is 0.165. The maximum Gasteiger partial charge on any atom is 0.407 e. The first-order chi connectivity index (χ1) is 13.4. The van der Waals surface area contributed by atoms with Crippen molar-refractivity contribution in [2.75, 3.05) is 5.75 Å². The zero-order chi connectivity index (χ0) is 23.4. The molecule has 1 atom stereocenters. The highest BCUT2D eigenvalue weighted by Gasteiger charge is 2.40. The van der Waals surface area contributed by atoms with Crippen LogP contribution in [-0.2, 0) is 19.3 Å². The Balaban J connectivity index is 2.64. The number of alkyl carbamates (subject to hydrolysis) is 1. The van der Waals surface area contributed by atoms with Gasteiger partial charge in [-0.15, -0.1) is 0 Å². The minimum Gasteiger partial charge on any atom is -0.444 e. The molecule has 1 rings (SSSR count). The summed E-state index contributed by atoms with van der Waals surface area (Å²) in [6.07, 6.45) is 4.48. The molecule has 178 valence electrons. The predicted octanol–water partition coefficient (Wildman–Crippen LogP) is 5.13. The van der Waals surface area contributed by atoms with E-state index in [2.05, 4.69) is 39.2 Å². The van der Waals surface area contributed by atoms with Crippen molar-refractivity contribution in [2.24, 2.45) is 5.92 Å². The monoisotopic (exact) mass is 465 g/mol. The summed E-state index contributed by atoms with van der Waals surface area (Å²) in [5.41, 5.74) is -0.628. The van der Waals surface area contributed by atoms with E-state index in [9.17, 15) is 13.2 Å². The van der Waals surface area contributed by atoms with Crippen LogP contribution in [0.2, 0.25) is 18.1 Å². The van der Waals surface area contributed by atoms with Crippen molar-refractivity contribution in [1.29, 1.82) is 0 Å². The van der Waals surface area contributed by atoms with Crippen molar-refractivity contribution in [3.05, 3.63) is 0 Å². The van der Waals surface area contributed by atoms with Gasteiger partial charge < -0.3 is 14.5 Å². The van der Waals surface area contributed by atoms with E-state index < -0.39 is 30.1 Å². The summed E-state index contributed by atoms with van der Waals surface area (Å²) in [5, 5.41) is 2.98. The summed E-state index contributed by atoms with van der Waals surface area (Å²) in [4.78, 5) is 12.2. The van der Waals surface area contributed by atoms with E-state index in [-0.39, 0.29) is 29.4 Å². The van der Waals surface area contributed by atoms with Crippen LogP contribution in [0.4, 0.5) is 4.79 Å². The fourth-order valence-corrected chi connectivity index (χ4v) is 5.50. The molecule has 0 aromatic rings. The zero-order valence-electron chi connectivity index (χ0n) is 20.1. The summed E-state index contributed by atoms with van der Waals surface area (Å²) in [7, 11) is -5.87. The Labute approximate surface area is 184 Å². The average molecular weight is 466 g/mol. The van der Waals surface area contributed by atoms with Gasteiger partial charge in [-0.3, -0.25) is 4.55 Å². The van der Waals surface area contributed by atoms with Crippen LogP contribution in [0.1, 0.15) is 80.1 Å². The van der Waals surface area contributed by atoms with Crippen LogP contribution in [0, 0.1) is 5.92 Å². The first-order valence-electron chi connectivity index (χ1n) is 11.0. The van der Waals surface area contributed by atoms with E-state index in [1.165, 1.54) is 0 Å². The summed E-state index contributed by atoms with van der Waals surface area (Å²) < 4.78 is 43.4. The standard InChI is InChI=1S/C21H43NO6SSi/c1-20(2,3)27-19(23)22-17(13-14-29(24,25)26)15-16-9-11-18(12-10-16)28-30(7,8)21(4,5)6/h16-18H,9-15H2,1-8H3,(H,22,23)(H,24,25,26)/t16?,17-,18?/m1/s1. The number of hydrogen-bond donors (Lipinski definition) is 2. The second kappa shape index (κ2) is 10.3. The Morgan fingerprint density at radius 1 is 1.10 bits per heavy atom. The molecule has 1 fully saturated rings. The van der Waals surface area contributed by atoms with Crippen molar-refractivity contribution in [2.45, 2.75) is 116 Å². The second-order valence-corrected chi connectivity index (χ2v) is 17.5. The van der Waals surface area contributed by atoms with Crippen LogP contribution >= 0.6 is 0 Å². The maximum absolute atomic E-state index is 12.2. The number of hydrogen-bond acceptors (Lipinski definition) is 5. The van der Waals surface area contributed by atoms with Gasteiger partial charge in [0.05, 0.1) is 5.75 Å². The van der Waals surface area contributed by atoms with Crippen LogP contribution in [-0.4, -0.2) is 50.9 Å². The van der Waals surface area contributed by atoms with Gasteiger partial charge in [0.1, 0.15) is 5.60 Å². The number of carbonyl (C=O) groups excluding carboxylic acids is 1. The molecular weight excluding hydrogens is 422 g/mol. The molecule has 1 amide bonds. The molecule has 0 radical (unpaired) electrons. The fourth-order valence-electron chi connectivity index (χ4n) is 3.50. The third-order valence-electron chi connectivity index (χ3n) is 6.12. The van der Waals surface area contributed by atoms with E-state index in [4.69, 9.17) is 13.7 Å². The number of ether oxygens (including phenoxy) is 1. The summed E-state index contributed by atoms with van der Waals surface area (Å²) in [6, 6.07) is -0.357. The summed E-state index contributed by atoms with van der Waals surface area (Å²) in [6.45, 7) is 16.6. The molecule has 0 saturated heterocycles. The smallest absolute Gasteiger partial charge is 0.407 e. The molecule has 0 spiro atoms. The number of nitrogens with one attached hydrogen (secondary N) is 1. The Morgan fingerprint density at radius 3 is 2.07 bits per heavy atom. The summed E-state index contributed by atoms with van der Waals surface area (Å²) in [5.74, 6) is 0.00250. The van der Waals surface area contributed by atoms with Crippen LogP contribution in [0.5, 0.6) is 0 Å². The van der Waals surface area contributed by atoms with Crippen molar-refractivity contribution < 1.29 is 26.9 Å². The second-order valence-electron chi connectivity index (χ2n) is 11.2. The Kier molecular flexibility index (Phi) is 9.42. The Morgan fingerprint density at radius 2 is 1.63 bits per heavy atom. The molecule has 1 saturated carbocycles. The maximum atomic E-state index is 12.2. The topological polar surface area (TPSA) is 102 Å². The van der Waals surface area contributed by atoms with Crippen molar-refractivity contribution in [3.63, 3.8) is 0 Å². The first-order valence-corrected chi connectivity index (χ1v) is 15.5. The van der Waals surface area contributed by atoms with Crippen molar-refractivity contribution >= 4 is 24.5 Å². The lowest BCUT2D eigenvalue weighted by molar-refractivity contribution is 0.0486. The lowest BCUT2D eigenvalue weighted by Gasteiger charge is -2.41. The molecule has 7 nitrogen and oxygen atoms in total. The predicted molar refractivity (Wildman–Crippen MR) is 123 cm³/mol. The molecule has 0 unspecified atom stereocenters. The normalized spacial score (nSPS) is 22.4. The molecule has 0 heterocycles. The quantitative estimate of drug-likeness (QED) is 0.381. The van der Waals surface area contributed by atoms with Gasteiger partial charge in [-0.05, 0) is 83.3 Å². The first kappa shape index (κ1) is 27.4. The van der Waals surface area contributed by atoms with E-state index >= 15 is 0 Å². The van der Waals surface area contributed by atoms with Crippen molar-refractivity contribution in [3.8, 4) is 0 Å². The van der Waals surface area contributed by atoms with Gasteiger partial charge >= 0.3 is 6.09 Å². The van der Waals surface area contributed by atoms with Gasteiger partial charge in [-0.1, -0.05) is 20.8 Å². The largest absolute Gasteiger partial charge is 0.444 e. The van der Waals surface area contributed by atoms with Gasteiger partial charge in [-0.2, -0.15) is 8.42 Å². The van der Waals surface area contributed by atoms with Gasteiger partial charge in [0.25, 0.3) is 10.1 Å². The Hall–Kier alpha value is -0.643. The van der Waals surface area contributed by atoms with E-state index in [1.54, 1.807) is 20.8 Å². The molecule has 9 heteroatoms. The lowest BCUT2D eigenvalue weighted by Crippen LogP contribution is -2.45. The highest BCUT2D eigenvalue weighted by Crippen LogP contribution is 2.40. The number of carbonyl (C=O) groups is 1. The lowest BCUT2D eigenvalue weighted by atomic mass is 9.83. The van der Waals surface area contributed by atoms with Crippen LogP contribution < -0.4 is 5.32 Å². The minimum atomic E-state index is -4.08. The third-order valence-corrected chi connectivity index (χ3v) is 11.4. The van der Waals surface area contributed by atoms with E-state index in [0.29, 0.717) is 12.3 Å². The Bertz CT molecular complexity index is 658. The third kappa shape index (κ3) is 10.6. The fraction of sp³-hybridized carbons (Fsp3) is 0.952. The molecule has 2 N–H and O–H groups in total. The molecule has 1 aliphatic rings. The van der Waals surface area contributed by atoms with Gasteiger partial charge in [0.2, 0.25) is 0 Å². The number of rotatable bonds is 8. The van der Waals surface area contributed by atoms with E-state index in [1.807, 2.05) is 0 Å². The molecule has 0 aliphatic heterocycles. The molecule has 30 heavy (non-hydrogen) atoms. The number of amides is 1. The SMILES string of the molecule is CC(C)(C)OC(=O)N[C@H](CCS(=O)(=O)O)CC1CCC(O[Si](C)(C)C(C)(C)C)CC1. The highest BCUT2D eigenvalue weighted by molar-refractivity contribution is 7.85. The van der Waals surface area contributed by atoms with Crippen LogP contribution in [0.25, 0.3) is 0 Å². The van der Waals surface area contributed by atoms with Crippen LogP contribution in [0.15, 0.2) is 0 Å². The van der Waals surface area contributed by atoms with Gasteiger partial charge in [0, 0.05) is 12.1 Å². The molecular formula is C21H43NO6SSi.